The lowest BCUT2D eigenvalue weighted by atomic mass is 10.0. The van der Waals surface area contributed by atoms with Gasteiger partial charge in [-0.15, -0.1) is 11.3 Å². The van der Waals surface area contributed by atoms with Crippen LogP contribution in [0.1, 0.15) is 0 Å². The van der Waals surface area contributed by atoms with Gasteiger partial charge >= 0.3 is 0 Å². The maximum atomic E-state index is 15.0. The van der Waals surface area contributed by atoms with Crippen LogP contribution in [0.4, 0.5) is 23.4 Å². The van der Waals surface area contributed by atoms with E-state index in [4.69, 9.17) is 4.74 Å². The van der Waals surface area contributed by atoms with Crippen LogP contribution in [-0.2, 0) is 10.0 Å². The van der Waals surface area contributed by atoms with Crippen molar-refractivity contribution in [3.05, 3.63) is 101 Å². The number of ether oxygens (including phenoxy) is 1. The number of aromatic nitrogens is 3. The molecule has 0 saturated carbocycles. The lowest BCUT2D eigenvalue weighted by molar-refractivity contribution is 0.432. The molecule has 2 aromatic carbocycles. The Kier molecular flexibility index (Phi) is 6.78. The van der Waals surface area contributed by atoms with E-state index >= 15 is 0 Å². The number of rotatable bonds is 7. The fourth-order valence-electron chi connectivity index (χ4n) is 3.45. The summed E-state index contributed by atoms with van der Waals surface area (Å²) in [5, 5.41) is 1.39. The SMILES string of the molecule is O=S(=O)(Nc1cscn1)c1cc(F)c(Oc2cnc(-c3ccc(F)c(F)c3)cc2-c2cccnc2)cc1F. The van der Waals surface area contributed by atoms with Gasteiger partial charge < -0.3 is 4.74 Å². The summed E-state index contributed by atoms with van der Waals surface area (Å²) in [6.45, 7) is 0. The van der Waals surface area contributed by atoms with Crippen molar-refractivity contribution in [1.82, 2.24) is 15.0 Å². The van der Waals surface area contributed by atoms with Crippen LogP contribution in [0.25, 0.3) is 22.4 Å². The largest absolute Gasteiger partial charge is 0.452 e. The van der Waals surface area contributed by atoms with Crippen LogP contribution in [0.5, 0.6) is 11.5 Å². The van der Waals surface area contributed by atoms with Gasteiger partial charge in [-0.3, -0.25) is 14.7 Å². The highest BCUT2D eigenvalue weighted by atomic mass is 32.2. The van der Waals surface area contributed by atoms with E-state index in [-0.39, 0.29) is 22.8 Å². The molecule has 0 fully saturated rings. The van der Waals surface area contributed by atoms with Crippen LogP contribution >= 0.6 is 11.3 Å². The second kappa shape index (κ2) is 10.2. The summed E-state index contributed by atoms with van der Waals surface area (Å²) in [5.41, 5.74) is 2.71. The zero-order valence-electron chi connectivity index (χ0n) is 18.9. The van der Waals surface area contributed by atoms with Crippen molar-refractivity contribution >= 4 is 27.2 Å². The minimum atomic E-state index is -4.47. The number of anilines is 1. The van der Waals surface area contributed by atoms with Crippen molar-refractivity contribution in [3.63, 3.8) is 0 Å². The first-order valence-electron chi connectivity index (χ1n) is 10.6. The highest BCUT2D eigenvalue weighted by Gasteiger charge is 2.24. The van der Waals surface area contributed by atoms with Gasteiger partial charge in [-0.1, -0.05) is 6.07 Å². The fraction of sp³-hybridized carbons (Fsp3) is 0. The van der Waals surface area contributed by atoms with E-state index in [1.54, 1.807) is 12.1 Å². The molecule has 3 aromatic heterocycles. The first kappa shape index (κ1) is 25.3. The molecule has 0 aliphatic carbocycles. The fourth-order valence-corrected chi connectivity index (χ4v) is 5.08. The highest BCUT2D eigenvalue weighted by Crippen LogP contribution is 2.37. The molecular weight excluding hydrogens is 544 g/mol. The molecule has 0 bridgehead atoms. The summed E-state index contributed by atoms with van der Waals surface area (Å²) in [6, 6.07) is 9.14. The van der Waals surface area contributed by atoms with Gasteiger partial charge in [0.15, 0.2) is 34.8 Å². The number of hydrogen-bond donors (Lipinski definition) is 1. The monoisotopic (exact) mass is 558 g/mol. The number of nitrogens with zero attached hydrogens (tertiary/aromatic N) is 3. The summed E-state index contributed by atoms with van der Waals surface area (Å²) in [6.07, 6.45) is 4.20. The van der Waals surface area contributed by atoms with Gasteiger partial charge in [0.2, 0.25) is 0 Å². The van der Waals surface area contributed by atoms with Crippen molar-refractivity contribution in [2.45, 2.75) is 4.90 Å². The van der Waals surface area contributed by atoms with Crippen LogP contribution in [0.3, 0.4) is 0 Å². The van der Waals surface area contributed by atoms with E-state index in [9.17, 15) is 26.0 Å². The zero-order valence-corrected chi connectivity index (χ0v) is 20.5. The van der Waals surface area contributed by atoms with Crippen molar-refractivity contribution in [2.24, 2.45) is 0 Å². The predicted octanol–water partition coefficient (Wildman–Crippen LogP) is 6.42. The van der Waals surface area contributed by atoms with Crippen molar-refractivity contribution in [3.8, 4) is 33.9 Å². The third kappa shape index (κ3) is 5.19. The summed E-state index contributed by atoms with van der Waals surface area (Å²) >= 11 is 1.12. The summed E-state index contributed by atoms with van der Waals surface area (Å²) in [7, 11) is -4.47. The second-order valence-corrected chi connectivity index (χ2v) is 10.1. The molecule has 192 valence electrons. The Bertz CT molecular complexity index is 1740. The zero-order chi connectivity index (χ0) is 26.9. The molecule has 13 heteroatoms. The van der Waals surface area contributed by atoms with Gasteiger partial charge in [-0.25, -0.2) is 31.0 Å². The highest BCUT2D eigenvalue weighted by molar-refractivity contribution is 7.92. The number of thiazole rings is 1. The molecule has 0 radical (unpaired) electrons. The number of benzene rings is 2. The first-order valence-corrected chi connectivity index (χ1v) is 13.1. The van der Waals surface area contributed by atoms with E-state index < -0.39 is 43.9 Å². The molecule has 5 aromatic rings. The molecule has 0 amide bonds. The Morgan fingerprint density at radius 1 is 0.816 bits per heavy atom. The summed E-state index contributed by atoms with van der Waals surface area (Å²) in [4.78, 5) is 11.1. The van der Waals surface area contributed by atoms with Crippen molar-refractivity contribution in [1.29, 1.82) is 0 Å². The van der Waals surface area contributed by atoms with Gasteiger partial charge in [0.25, 0.3) is 10.0 Å². The van der Waals surface area contributed by atoms with Gasteiger partial charge in [0.1, 0.15) is 10.7 Å². The summed E-state index contributed by atoms with van der Waals surface area (Å²) in [5.74, 6) is -5.19. The van der Waals surface area contributed by atoms with Crippen LogP contribution in [0.2, 0.25) is 0 Å². The lowest BCUT2D eigenvalue weighted by Crippen LogP contribution is -2.15. The van der Waals surface area contributed by atoms with Gasteiger partial charge in [0, 0.05) is 46.6 Å². The number of pyridine rings is 2. The molecule has 0 atom stereocenters. The molecule has 0 aliphatic heterocycles. The molecule has 38 heavy (non-hydrogen) atoms. The standard InChI is InChI=1S/C25H14F4N4O3S2/c26-17-4-3-14(6-18(17)27)21-7-16(15-2-1-5-30-10-15)23(11-31-21)36-22-8-20(29)24(9-19(22)28)38(34,35)33-25-12-37-13-32-25/h1-13,33H. The minimum absolute atomic E-state index is 0.0289. The Balaban J connectivity index is 1.53. The average molecular weight is 559 g/mol. The van der Waals surface area contributed by atoms with Crippen molar-refractivity contribution in [2.75, 3.05) is 4.72 Å². The van der Waals surface area contributed by atoms with Gasteiger partial charge in [0.05, 0.1) is 17.4 Å². The van der Waals surface area contributed by atoms with E-state index in [0.717, 1.165) is 23.5 Å². The van der Waals surface area contributed by atoms with Crippen LogP contribution in [-0.4, -0.2) is 23.4 Å². The minimum Gasteiger partial charge on any atom is -0.452 e. The molecule has 3 heterocycles. The second-order valence-electron chi connectivity index (χ2n) is 7.73. The van der Waals surface area contributed by atoms with Gasteiger partial charge in [-0.05, 0) is 30.3 Å². The number of sulfonamides is 1. The lowest BCUT2D eigenvalue weighted by Gasteiger charge is -2.14. The maximum Gasteiger partial charge on any atom is 0.266 e. The normalized spacial score (nSPS) is 11.4. The quantitative estimate of drug-likeness (QED) is 0.232. The van der Waals surface area contributed by atoms with E-state index in [2.05, 4.69) is 19.7 Å². The number of nitrogens with one attached hydrogen (secondary N) is 1. The number of halogens is 4. The first-order chi connectivity index (χ1) is 18.2. The van der Waals surface area contributed by atoms with Gasteiger partial charge in [-0.2, -0.15) is 0 Å². The van der Waals surface area contributed by atoms with Crippen LogP contribution < -0.4 is 9.46 Å². The smallest absolute Gasteiger partial charge is 0.266 e. The van der Waals surface area contributed by atoms with E-state index in [0.29, 0.717) is 23.3 Å². The van der Waals surface area contributed by atoms with E-state index in [1.807, 2.05) is 0 Å². The topological polar surface area (TPSA) is 94.1 Å². The molecule has 0 spiro atoms. The maximum absolute atomic E-state index is 15.0. The Morgan fingerprint density at radius 2 is 1.66 bits per heavy atom. The Hall–Kier alpha value is -4.36. The van der Waals surface area contributed by atoms with Crippen LogP contribution in [0, 0.1) is 23.3 Å². The molecule has 1 N–H and O–H groups in total. The Labute approximate surface area is 217 Å². The van der Waals surface area contributed by atoms with Crippen molar-refractivity contribution < 1.29 is 30.7 Å². The predicted molar refractivity (Wildman–Crippen MR) is 132 cm³/mol. The Morgan fingerprint density at radius 3 is 2.37 bits per heavy atom. The third-order valence-electron chi connectivity index (χ3n) is 5.22. The molecule has 7 nitrogen and oxygen atoms in total. The third-order valence-corrected chi connectivity index (χ3v) is 7.18. The molecular formula is C25H14F4N4O3S2. The molecule has 0 aliphatic rings. The number of hydrogen-bond acceptors (Lipinski definition) is 7. The molecule has 5 rings (SSSR count). The van der Waals surface area contributed by atoms with Crippen LogP contribution in [0.15, 0.2) is 82.9 Å². The van der Waals surface area contributed by atoms with E-state index in [1.165, 1.54) is 41.6 Å². The molecule has 0 unspecified atom stereocenters. The summed E-state index contributed by atoms with van der Waals surface area (Å²) < 4.78 is 89.8. The molecule has 0 saturated heterocycles. The average Bonchev–Trinajstić information content (AvgIpc) is 3.40.